The summed E-state index contributed by atoms with van der Waals surface area (Å²) in [4.78, 5) is 38.5. The van der Waals surface area contributed by atoms with Crippen LogP contribution in [0.4, 0.5) is 11.5 Å². The van der Waals surface area contributed by atoms with E-state index >= 15 is 0 Å². The highest BCUT2D eigenvalue weighted by Gasteiger charge is 2.35. The molecule has 3 aromatic rings. The Labute approximate surface area is 220 Å². The number of amides is 1. The second-order valence-corrected chi connectivity index (χ2v) is 10.9. The van der Waals surface area contributed by atoms with Gasteiger partial charge in [-0.1, -0.05) is 55.2 Å². The first-order valence-corrected chi connectivity index (χ1v) is 13.4. The minimum absolute atomic E-state index is 0.00686. The summed E-state index contributed by atoms with van der Waals surface area (Å²) >= 11 is 6.77. The number of benzene rings is 1. The molecule has 4 heterocycles. The van der Waals surface area contributed by atoms with Crippen molar-refractivity contribution in [2.24, 2.45) is 0 Å². The molecule has 0 bridgehead atoms. The van der Waals surface area contributed by atoms with Crippen molar-refractivity contribution in [1.82, 2.24) is 14.3 Å². The third-order valence-electron chi connectivity index (χ3n) is 6.82. The number of thioether (sulfide) groups is 1. The molecular formula is C27H29N5O2S2. The zero-order chi connectivity index (χ0) is 25.4. The molecule has 1 amide bonds. The third-order valence-corrected chi connectivity index (χ3v) is 8.15. The summed E-state index contributed by atoms with van der Waals surface area (Å²) in [5.41, 5.74) is 2.99. The second kappa shape index (κ2) is 10.1. The standard InChI is InChI=1S/C27H29N5O2S2/c1-4-19(3)32-26(34)22(36-27(32)35)16-21-24(28-23-11-10-18(2)17-31(23)25(21)33)30-14-12-29(13-15-30)20-8-6-5-7-9-20/h5-11,16-17,19H,4,12-15H2,1-3H3/b22-16-/t19-/m0/s1. The molecule has 2 aromatic heterocycles. The number of carbonyl (C=O) groups is 1. The van der Waals surface area contributed by atoms with Gasteiger partial charge in [0.25, 0.3) is 11.5 Å². The van der Waals surface area contributed by atoms with Crippen LogP contribution in [0.25, 0.3) is 11.7 Å². The molecule has 2 saturated heterocycles. The van der Waals surface area contributed by atoms with Crippen molar-refractivity contribution in [3.8, 4) is 0 Å². The van der Waals surface area contributed by atoms with Gasteiger partial charge in [0, 0.05) is 44.1 Å². The minimum Gasteiger partial charge on any atom is -0.368 e. The summed E-state index contributed by atoms with van der Waals surface area (Å²) in [6.07, 6.45) is 4.30. The number of thiocarbonyl (C=S) groups is 1. The molecule has 0 aliphatic carbocycles. The van der Waals surface area contributed by atoms with Gasteiger partial charge in [0.1, 0.15) is 15.8 Å². The summed E-state index contributed by atoms with van der Waals surface area (Å²) in [7, 11) is 0. The van der Waals surface area contributed by atoms with E-state index in [1.807, 2.05) is 51.1 Å². The van der Waals surface area contributed by atoms with E-state index in [2.05, 4.69) is 21.9 Å². The van der Waals surface area contributed by atoms with Gasteiger partial charge < -0.3 is 9.80 Å². The molecule has 9 heteroatoms. The minimum atomic E-state index is -0.182. The maximum Gasteiger partial charge on any atom is 0.267 e. The number of piperazine rings is 1. The highest BCUT2D eigenvalue weighted by atomic mass is 32.2. The maximum atomic E-state index is 13.8. The molecule has 0 saturated carbocycles. The van der Waals surface area contributed by atoms with Gasteiger partial charge in [0.2, 0.25) is 0 Å². The Balaban J connectivity index is 1.55. The zero-order valence-corrected chi connectivity index (χ0v) is 22.3. The summed E-state index contributed by atoms with van der Waals surface area (Å²) in [6, 6.07) is 14.2. The fourth-order valence-electron chi connectivity index (χ4n) is 4.60. The van der Waals surface area contributed by atoms with E-state index in [-0.39, 0.29) is 17.5 Å². The fraction of sp³-hybridized carbons (Fsp3) is 0.333. The number of carbonyl (C=O) groups excluding carboxylic acids is 1. The smallest absolute Gasteiger partial charge is 0.267 e. The van der Waals surface area contributed by atoms with Crippen molar-refractivity contribution >= 4 is 57.4 Å². The van der Waals surface area contributed by atoms with Crippen molar-refractivity contribution in [3.63, 3.8) is 0 Å². The first kappa shape index (κ1) is 24.5. The number of rotatable bonds is 5. The number of fused-ring (bicyclic) bond motifs is 1. The average molecular weight is 520 g/mol. The Morgan fingerprint density at radius 2 is 1.75 bits per heavy atom. The molecule has 0 radical (unpaired) electrons. The van der Waals surface area contributed by atoms with Crippen LogP contribution < -0.4 is 15.4 Å². The molecule has 0 spiro atoms. The van der Waals surface area contributed by atoms with E-state index in [9.17, 15) is 9.59 Å². The van der Waals surface area contributed by atoms with Crippen LogP contribution in [-0.4, -0.2) is 56.7 Å². The van der Waals surface area contributed by atoms with Crippen molar-refractivity contribution in [2.45, 2.75) is 33.2 Å². The molecule has 2 fully saturated rings. The second-order valence-electron chi connectivity index (χ2n) is 9.21. The highest BCUT2D eigenvalue weighted by molar-refractivity contribution is 8.26. The number of hydrogen-bond donors (Lipinski definition) is 0. The molecular weight excluding hydrogens is 490 g/mol. The lowest BCUT2D eigenvalue weighted by Gasteiger charge is -2.37. The Kier molecular flexibility index (Phi) is 6.85. The van der Waals surface area contributed by atoms with E-state index in [1.54, 1.807) is 21.6 Å². The van der Waals surface area contributed by atoms with Crippen LogP contribution in [0, 0.1) is 6.92 Å². The Bertz CT molecular complexity index is 1410. The van der Waals surface area contributed by atoms with Crippen molar-refractivity contribution in [3.05, 3.63) is 75.0 Å². The van der Waals surface area contributed by atoms with Gasteiger partial charge in [-0.25, -0.2) is 4.98 Å². The molecule has 1 aromatic carbocycles. The number of para-hydroxylation sites is 1. The lowest BCUT2D eigenvalue weighted by molar-refractivity contribution is -0.123. The number of aromatic nitrogens is 2. The van der Waals surface area contributed by atoms with Crippen LogP contribution in [0.2, 0.25) is 0 Å². The van der Waals surface area contributed by atoms with Crippen LogP contribution >= 0.6 is 24.0 Å². The molecule has 36 heavy (non-hydrogen) atoms. The molecule has 2 aliphatic heterocycles. The number of anilines is 2. The van der Waals surface area contributed by atoms with E-state index in [4.69, 9.17) is 17.2 Å². The number of hydrogen-bond acceptors (Lipinski definition) is 7. The van der Waals surface area contributed by atoms with E-state index in [0.717, 1.165) is 38.2 Å². The van der Waals surface area contributed by atoms with Crippen molar-refractivity contribution in [1.29, 1.82) is 0 Å². The van der Waals surface area contributed by atoms with Crippen LogP contribution in [0.1, 0.15) is 31.4 Å². The SMILES string of the molecule is CC[C@H](C)N1C(=O)/C(=C/c2c(N3CCN(c4ccccc4)CC3)nc3ccc(C)cn3c2=O)SC1=S. The lowest BCUT2D eigenvalue weighted by atomic mass is 10.2. The molecule has 0 N–H and O–H groups in total. The third kappa shape index (κ3) is 4.53. The first-order valence-electron chi connectivity index (χ1n) is 12.2. The average Bonchev–Trinajstić information content (AvgIpc) is 3.18. The van der Waals surface area contributed by atoms with Gasteiger partial charge in [0.05, 0.1) is 10.5 Å². The number of aryl methyl sites for hydroxylation is 1. The largest absolute Gasteiger partial charge is 0.368 e. The van der Waals surface area contributed by atoms with E-state index in [0.29, 0.717) is 26.3 Å². The predicted octanol–water partition coefficient (Wildman–Crippen LogP) is 4.33. The van der Waals surface area contributed by atoms with Crippen LogP contribution in [0.3, 0.4) is 0 Å². The fourth-order valence-corrected chi connectivity index (χ4v) is 6.05. The lowest BCUT2D eigenvalue weighted by Crippen LogP contribution is -2.47. The molecule has 7 nitrogen and oxygen atoms in total. The normalized spacial score (nSPS) is 18.5. The van der Waals surface area contributed by atoms with Gasteiger partial charge in [-0.3, -0.25) is 18.9 Å². The molecule has 186 valence electrons. The summed E-state index contributed by atoms with van der Waals surface area (Å²) in [5, 5.41) is 0. The topological polar surface area (TPSA) is 61.2 Å². The van der Waals surface area contributed by atoms with Crippen LogP contribution in [-0.2, 0) is 4.79 Å². The highest BCUT2D eigenvalue weighted by Crippen LogP contribution is 2.35. The Hall–Kier alpha value is -3.17. The van der Waals surface area contributed by atoms with Crippen LogP contribution in [0.15, 0.2) is 58.4 Å². The quantitative estimate of drug-likeness (QED) is 0.367. The van der Waals surface area contributed by atoms with Crippen molar-refractivity contribution in [2.75, 3.05) is 36.0 Å². The molecule has 5 rings (SSSR count). The Morgan fingerprint density at radius 3 is 2.44 bits per heavy atom. The van der Waals surface area contributed by atoms with Crippen LogP contribution in [0.5, 0.6) is 0 Å². The van der Waals surface area contributed by atoms with Gasteiger partial charge >= 0.3 is 0 Å². The number of nitrogens with zero attached hydrogens (tertiary/aromatic N) is 5. The van der Waals surface area contributed by atoms with E-state index < -0.39 is 0 Å². The van der Waals surface area contributed by atoms with Gasteiger partial charge in [0.15, 0.2) is 0 Å². The van der Waals surface area contributed by atoms with Gasteiger partial charge in [-0.15, -0.1) is 0 Å². The Morgan fingerprint density at radius 1 is 1.06 bits per heavy atom. The molecule has 1 atom stereocenters. The molecule has 0 unspecified atom stereocenters. The van der Waals surface area contributed by atoms with Gasteiger partial charge in [-0.05, 0) is 50.1 Å². The van der Waals surface area contributed by atoms with Crippen molar-refractivity contribution < 1.29 is 4.79 Å². The summed E-state index contributed by atoms with van der Waals surface area (Å²) in [6.45, 7) is 9.03. The predicted molar refractivity (Wildman–Crippen MR) is 152 cm³/mol. The summed E-state index contributed by atoms with van der Waals surface area (Å²) < 4.78 is 2.10. The molecule has 2 aliphatic rings. The first-order chi connectivity index (χ1) is 17.4. The zero-order valence-electron chi connectivity index (χ0n) is 20.7. The maximum absolute atomic E-state index is 13.8. The van der Waals surface area contributed by atoms with Gasteiger partial charge in [-0.2, -0.15) is 0 Å². The van der Waals surface area contributed by atoms with E-state index in [1.165, 1.54) is 17.4 Å². The monoisotopic (exact) mass is 519 g/mol. The number of pyridine rings is 1. The summed E-state index contributed by atoms with van der Waals surface area (Å²) in [5.74, 6) is 0.471.